The normalized spacial score (nSPS) is 11.0. The number of carbonyl (C=O) groups is 2. The zero-order valence-corrected chi connectivity index (χ0v) is 10.9. The molecule has 0 unspecified atom stereocenters. The van der Waals surface area contributed by atoms with E-state index < -0.39 is 35.1 Å². The van der Waals surface area contributed by atoms with Crippen molar-refractivity contribution in [2.24, 2.45) is 0 Å². The van der Waals surface area contributed by atoms with E-state index in [4.69, 9.17) is 15.5 Å². The summed E-state index contributed by atoms with van der Waals surface area (Å²) in [6.07, 6.45) is 0. The molecule has 0 heterocycles. The molecule has 0 saturated heterocycles. The van der Waals surface area contributed by atoms with Crippen LogP contribution in [0.4, 0.5) is 0 Å². The molecule has 0 fully saturated rings. The Kier molecular flexibility index (Phi) is 4.79. The molecule has 0 bridgehead atoms. The summed E-state index contributed by atoms with van der Waals surface area (Å²) in [4.78, 5) is 20.9. The van der Waals surface area contributed by atoms with E-state index in [9.17, 15) is 18.0 Å². The quantitative estimate of drug-likeness (QED) is 0.736. The molecule has 9 heteroatoms. The van der Waals surface area contributed by atoms with Gasteiger partial charge in [-0.15, -0.1) is 0 Å². The minimum Gasteiger partial charge on any atom is -0.480 e. The third-order valence-electron chi connectivity index (χ3n) is 2.22. The van der Waals surface area contributed by atoms with Crippen molar-refractivity contribution in [2.75, 3.05) is 13.1 Å². The van der Waals surface area contributed by atoms with Gasteiger partial charge in [0.15, 0.2) is 0 Å². The first-order valence-electron chi connectivity index (χ1n) is 5.21. The molecule has 0 aromatic heterocycles. The van der Waals surface area contributed by atoms with E-state index in [2.05, 4.69) is 0 Å². The molecule has 1 aromatic carbocycles. The molecule has 0 aliphatic carbocycles. The number of carboxylic acid groups (broad SMARTS) is 2. The zero-order valence-electron chi connectivity index (χ0n) is 10.1. The van der Waals surface area contributed by atoms with Crippen LogP contribution in [-0.2, 0) is 19.6 Å². The molecule has 2 N–H and O–H groups in total. The van der Waals surface area contributed by atoms with E-state index in [1.165, 1.54) is 12.1 Å². The first-order chi connectivity index (χ1) is 9.27. The molecule has 0 aliphatic heterocycles. The van der Waals surface area contributed by atoms with Crippen molar-refractivity contribution < 1.29 is 28.2 Å². The number of benzene rings is 1. The smallest absolute Gasteiger partial charge is 0.318 e. The number of aliphatic carboxylic acids is 2. The largest absolute Gasteiger partial charge is 0.480 e. The molecule has 1 rings (SSSR count). The van der Waals surface area contributed by atoms with Crippen LogP contribution in [0.15, 0.2) is 29.2 Å². The molecular weight excluding hydrogens is 288 g/mol. The van der Waals surface area contributed by atoms with Gasteiger partial charge >= 0.3 is 11.9 Å². The molecule has 0 radical (unpaired) electrons. The number of nitrogens with zero attached hydrogens (tertiary/aromatic N) is 2. The fourth-order valence-electron chi connectivity index (χ4n) is 1.40. The third-order valence-corrected chi connectivity index (χ3v) is 4.01. The van der Waals surface area contributed by atoms with Gasteiger partial charge in [-0.2, -0.15) is 9.57 Å². The van der Waals surface area contributed by atoms with E-state index >= 15 is 0 Å². The highest BCUT2D eigenvalue weighted by atomic mass is 32.2. The summed E-state index contributed by atoms with van der Waals surface area (Å²) in [7, 11) is -4.30. The fourth-order valence-corrected chi connectivity index (χ4v) is 2.79. The Labute approximate surface area is 114 Å². The summed E-state index contributed by atoms with van der Waals surface area (Å²) in [5, 5.41) is 26.0. The summed E-state index contributed by atoms with van der Waals surface area (Å²) >= 11 is 0. The van der Waals surface area contributed by atoms with Gasteiger partial charge < -0.3 is 10.2 Å². The Morgan fingerprint density at radius 1 is 1.20 bits per heavy atom. The van der Waals surface area contributed by atoms with E-state index in [1.54, 1.807) is 6.07 Å². The van der Waals surface area contributed by atoms with Crippen LogP contribution in [0.1, 0.15) is 5.56 Å². The van der Waals surface area contributed by atoms with Crippen molar-refractivity contribution in [3.63, 3.8) is 0 Å². The summed E-state index contributed by atoms with van der Waals surface area (Å²) < 4.78 is 24.6. The van der Waals surface area contributed by atoms with Crippen LogP contribution in [0, 0.1) is 11.3 Å². The van der Waals surface area contributed by atoms with Gasteiger partial charge in [0, 0.05) is 0 Å². The van der Waals surface area contributed by atoms with Crippen LogP contribution in [0.25, 0.3) is 0 Å². The monoisotopic (exact) mass is 298 g/mol. The van der Waals surface area contributed by atoms with Crippen molar-refractivity contribution in [1.82, 2.24) is 4.31 Å². The maximum atomic E-state index is 12.2. The lowest BCUT2D eigenvalue weighted by atomic mass is 10.2. The second-order valence-corrected chi connectivity index (χ2v) is 5.64. The van der Waals surface area contributed by atoms with E-state index in [-0.39, 0.29) is 10.5 Å². The predicted octanol–water partition coefficient (Wildman–Crippen LogP) is -0.282. The molecule has 106 valence electrons. The summed E-state index contributed by atoms with van der Waals surface area (Å²) in [5.41, 5.74) is 0.0664. The maximum absolute atomic E-state index is 12.2. The van der Waals surface area contributed by atoms with Crippen LogP contribution in [-0.4, -0.2) is 48.0 Å². The van der Waals surface area contributed by atoms with Gasteiger partial charge in [-0.1, -0.05) is 6.07 Å². The summed E-state index contributed by atoms with van der Waals surface area (Å²) in [6.45, 7) is -1.96. The first-order valence-corrected chi connectivity index (χ1v) is 6.65. The molecule has 0 saturated carbocycles. The summed E-state index contributed by atoms with van der Waals surface area (Å²) in [5.74, 6) is -2.96. The van der Waals surface area contributed by atoms with Crippen molar-refractivity contribution in [2.45, 2.75) is 4.90 Å². The Morgan fingerprint density at radius 3 is 2.20 bits per heavy atom. The van der Waals surface area contributed by atoms with Crippen molar-refractivity contribution in [3.8, 4) is 6.07 Å². The van der Waals surface area contributed by atoms with Crippen molar-refractivity contribution in [3.05, 3.63) is 29.8 Å². The summed E-state index contributed by atoms with van der Waals surface area (Å²) in [6, 6.07) is 6.64. The zero-order chi connectivity index (χ0) is 15.3. The van der Waals surface area contributed by atoms with Crippen LogP contribution in [0.2, 0.25) is 0 Å². The fraction of sp³-hybridized carbons (Fsp3) is 0.182. The second kappa shape index (κ2) is 6.14. The molecule has 1 aromatic rings. The molecule has 0 aliphatic rings. The highest BCUT2D eigenvalue weighted by Gasteiger charge is 2.28. The SMILES string of the molecule is N#Cc1cccc(S(=O)(=O)N(CC(=O)O)CC(=O)O)c1. The second-order valence-electron chi connectivity index (χ2n) is 3.70. The molecular formula is C11H10N2O6S. The van der Waals surface area contributed by atoms with Gasteiger partial charge in [0.1, 0.15) is 13.1 Å². The molecule has 20 heavy (non-hydrogen) atoms. The number of carboxylic acids is 2. The Balaban J connectivity index is 3.24. The number of hydrogen-bond donors (Lipinski definition) is 2. The van der Waals surface area contributed by atoms with Gasteiger partial charge in [0.25, 0.3) is 0 Å². The molecule has 8 nitrogen and oxygen atoms in total. The number of sulfonamides is 1. The first kappa shape index (κ1) is 15.6. The Hall–Kier alpha value is -2.44. The van der Waals surface area contributed by atoms with Crippen LogP contribution in [0.3, 0.4) is 0 Å². The molecule has 0 amide bonds. The average molecular weight is 298 g/mol. The topological polar surface area (TPSA) is 136 Å². The number of hydrogen-bond acceptors (Lipinski definition) is 5. The lowest BCUT2D eigenvalue weighted by Gasteiger charge is -2.18. The van der Waals surface area contributed by atoms with Gasteiger partial charge in [0.05, 0.1) is 16.5 Å². The van der Waals surface area contributed by atoms with Gasteiger partial charge in [-0.05, 0) is 18.2 Å². The van der Waals surface area contributed by atoms with Gasteiger partial charge in [-0.25, -0.2) is 8.42 Å². The Bertz CT molecular complexity index is 660. The average Bonchev–Trinajstić information content (AvgIpc) is 2.37. The highest BCUT2D eigenvalue weighted by Crippen LogP contribution is 2.16. The standard InChI is InChI=1S/C11H10N2O6S/c12-5-8-2-1-3-9(4-8)20(18,19)13(6-10(14)15)7-11(16)17/h1-4H,6-7H2,(H,14,15)(H,16,17). The van der Waals surface area contributed by atoms with E-state index in [0.29, 0.717) is 4.31 Å². The minimum absolute atomic E-state index is 0.0664. The van der Waals surface area contributed by atoms with Gasteiger partial charge in [0.2, 0.25) is 10.0 Å². The lowest BCUT2D eigenvalue weighted by molar-refractivity contribution is -0.139. The third kappa shape index (κ3) is 3.78. The molecule has 0 spiro atoms. The van der Waals surface area contributed by atoms with E-state index in [0.717, 1.165) is 12.1 Å². The van der Waals surface area contributed by atoms with Crippen molar-refractivity contribution in [1.29, 1.82) is 5.26 Å². The van der Waals surface area contributed by atoms with E-state index in [1.807, 2.05) is 0 Å². The highest BCUT2D eigenvalue weighted by molar-refractivity contribution is 7.89. The molecule has 0 atom stereocenters. The lowest BCUT2D eigenvalue weighted by Crippen LogP contribution is -2.39. The number of nitriles is 1. The number of rotatable bonds is 6. The van der Waals surface area contributed by atoms with Gasteiger partial charge in [-0.3, -0.25) is 9.59 Å². The van der Waals surface area contributed by atoms with Crippen LogP contribution >= 0.6 is 0 Å². The predicted molar refractivity (Wildman–Crippen MR) is 65.2 cm³/mol. The van der Waals surface area contributed by atoms with Crippen molar-refractivity contribution >= 4 is 22.0 Å². The van der Waals surface area contributed by atoms with Crippen LogP contribution in [0.5, 0.6) is 0 Å². The Morgan fingerprint density at radius 2 is 1.75 bits per heavy atom. The minimum atomic E-state index is -4.30. The maximum Gasteiger partial charge on any atom is 0.318 e. The van der Waals surface area contributed by atoms with Crippen LogP contribution < -0.4 is 0 Å².